The fourth-order valence-corrected chi connectivity index (χ4v) is 3.41. The summed E-state index contributed by atoms with van der Waals surface area (Å²) in [5, 5.41) is 0. The summed E-state index contributed by atoms with van der Waals surface area (Å²) in [5.74, 6) is 0. The molecule has 0 unspecified atom stereocenters. The molecule has 56 valence electrons. The van der Waals surface area contributed by atoms with Crippen LogP contribution in [-0.4, -0.2) is 34.3 Å². The van der Waals surface area contributed by atoms with Crippen molar-refractivity contribution in [3.8, 4) is 0 Å². The Hall–Kier alpha value is 0.738. The Kier molecular flexibility index (Phi) is 7.41. The molecule has 0 aliphatic heterocycles. The molecule has 0 aliphatic rings. The van der Waals surface area contributed by atoms with Gasteiger partial charge in [0.1, 0.15) is 0 Å². The van der Waals surface area contributed by atoms with E-state index in [9.17, 15) is 0 Å². The second-order valence-electron chi connectivity index (χ2n) is 1.48. The zero-order chi connectivity index (χ0) is 7.11. The van der Waals surface area contributed by atoms with Crippen molar-refractivity contribution in [2.75, 3.05) is 13.2 Å². The third-order valence-corrected chi connectivity index (χ3v) is 5.40. The molecule has 0 radical (unpaired) electrons. The van der Waals surface area contributed by atoms with Gasteiger partial charge in [-0.25, -0.2) is 0 Å². The Bertz CT molecular complexity index is 53.0. The van der Waals surface area contributed by atoms with Crippen molar-refractivity contribution in [2.24, 2.45) is 0 Å². The van der Waals surface area contributed by atoms with Crippen LogP contribution in [0.2, 0.25) is 4.37 Å². The van der Waals surface area contributed by atoms with Gasteiger partial charge in [0.2, 0.25) is 0 Å². The fraction of sp³-hybridized carbons (Fsp3) is 1.00. The molecule has 0 aromatic rings. The molecule has 2 nitrogen and oxygen atoms in total. The zero-order valence-corrected chi connectivity index (χ0v) is 8.94. The number of hydrogen-bond acceptors (Lipinski definition) is 2. The van der Waals surface area contributed by atoms with Crippen LogP contribution in [0.1, 0.15) is 20.8 Å². The van der Waals surface area contributed by atoms with Gasteiger partial charge in [-0.05, 0) is 0 Å². The first kappa shape index (κ1) is 9.74. The van der Waals surface area contributed by atoms with Crippen LogP contribution >= 0.6 is 0 Å². The minimum absolute atomic E-state index is 0.816. The van der Waals surface area contributed by atoms with Crippen LogP contribution in [0.3, 0.4) is 0 Å². The first-order valence-electron chi connectivity index (χ1n) is 3.38. The summed E-state index contributed by atoms with van der Waals surface area (Å²) in [6.45, 7) is 7.80. The van der Waals surface area contributed by atoms with Crippen molar-refractivity contribution in [1.29, 1.82) is 0 Å². The van der Waals surface area contributed by atoms with Gasteiger partial charge in [0.25, 0.3) is 0 Å². The Morgan fingerprint density at radius 1 is 1.00 bits per heavy atom. The van der Waals surface area contributed by atoms with Crippen molar-refractivity contribution >= 4 is 21.1 Å². The summed E-state index contributed by atoms with van der Waals surface area (Å²) in [7, 11) is 0. The fourth-order valence-electron chi connectivity index (χ4n) is 0.508. The van der Waals surface area contributed by atoms with Gasteiger partial charge in [-0.3, -0.25) is 0 Å². The molecule has 0 heterocycles. The standard InChI is InChI=1S/2C2H5O.C2H5.Sb/c2*1-2-3;1-2;/h2*2H2,1H3;1H2,2H3;/q2*-1;;+2. The van der Waals surface area contributed by atoms with E-state index in [1.54, 1.807) is 0 Å². The van der Waals surface area contributed by atoms with Gasteiger partial charge < -0.3 is 0 Å². The second kappa shape index (κ2) is 6.85. The molecule has 0 amide bonds. The average molecular weight is 241 g/mol. The van der Waals surface area contributed by atoms with Gasteiger partial charge in [-0.15, -0.1) is 0 Å². The van der Waals surface area contributed by atoms with Crippen LogP contribution in [0.25, 0.3) is 0 Å². The maximum atomic E-state index is 5.39. The summed E-state index contributed by atoms with van der Waals surface area (Å²) in [5.41, 5.74) is 0. The van der Waals surface area contributed by atoms with Crippen molar-refractivity contribution in [2.45, 2.75) is 25.1 Å². The van der Waals surface area contributed by atoms with Gasteiger partial charge >= 0.3 is 65.4 Å². The summed E-state index contributed by atoms with van der Waals surface area (Å²) < 4.78 is 11.9. The quantitative estimate of drug-likeness (QED) is 0.680. The monoisotopic (exact) mass is 240 g/mol. The molecule has 0 bridgehead atoms. The summed E-state index contributed by atoms with van der Waals surface area (Å²) >= 11 is -1.61. The molecule has 3 heteroatoms. The predicted molar refractivity (Wildman–Crippen MR) is 39.5 cm³/mol. The summed E-state index contributed by atoms with van der Waals surface area (Å²) in [4.78, 5) is 0. The molecule has 0 aromatic heterocycles. The third kappa shape index (κ3) is 5.20. The molecule has 0 rings (SSSR count). The van der Waals surface area contributed by atoms with Gasteiger partial charge in [0.05, 0.1) is 0 Å². The van der Waals surface area contributed by atoms with Gasteiger partial charge in [-0.1, -0.05) is 0 Å². The second-order valence-corrected chi connectivity index (χ2v) is 6.66. The Morgan fingerprint density at radius 2 is 1.44 bits per heavy atom. The Morgan fingerprint density at radius 3 is 1.67 bits per heavy atom. The average Bonchev–Trinajstić information content (AvgIpc) is 1.88. The summed E-state index contributed by atoms with van der Waals surface area (Å²) in [6.07, 6.45) is 0. The SMILES string of the molecule is CC[O][Sb]([CH2]C)[O]CC. The predicted octanol–water partition coefficient (Wildman–Crippen LogP) is 1.57. The van der Waals surface area contributed by atoms with Crippen LogP contribution in [0.5, 0.6) is 0 Å². The molecule has 0 atom stereocenters. The molecule has 0 aliphatic carbocycles. The van der Waals surface area contributed by atoms with E-state index < -0.39 is 21.1 Å². The van der Waals surface area contributed by atoms with E-state index in [2.05, 4.69) is 6.92 Å². The summed E-state index contributed by atoms with van der Waals surface area (Å²) in [6, 6.07) is 0. The van der Waals surface area contributed by atoms with Crippen LogP contribution in [-0.2, 0) is 6.03 Å². The molecule has 0 saturated heterocycles. The van der Waals surface area contributed by atoms with Gasteiger partial charge in [0.15, 0.2) is 0 Å². The van der Waals surface area contributed by atoms with E-state index in [1.807, 2.05) is 13.8 Å². The molecule has 0 N–H and O–H groups in total. The first-order valence-corrected chi connectivity index (χ1v) is 7.27. The number of rotatable bonds is 5. The number of hydrogen-bond donors (Lipinski definition) is 0. The van der Waals surface area contributed by atoms with Gasteiger partial charge in [-0.2, -0.15) is 0 Å². The van der Waals surface area contributed by atoms with E-state index in [0.29, 0.717) is 0 Å². The molecular weight excluding hydrogens is 226 g/mol. The molecule has 9 heavy (non-hydrogen) atoms. The molecule has 0 saturated carbocycles. The van der Waals surface area contributed by atoms with Crippen molar-refractivity contribution in [1.82, 2.24) is 0 Å². The maximum absolute atomic E-state index is 5.39. The zero-order valence-electron chi connectivity index (χ0n) is 6.39. The van der Waals surface area contributed by atoms with Crippen molar-refractivity contribution in [3.05, 3.63) is 0 Å². The third-order valence-electron chi connectivity index (χ3n) is 0.804. The van der Waals surface area contributed by atoms with E-state index in [1.165, 1.54) is 0 Å². The van der Waals surface area contributed by atoms with Gasteiger partial charge in [0, 0.05) is 0 Å². The van der Waals surface area contributed by atoms with E-state index >= 15 is 0 Å². The van der Waals surface area contributed by atoms with Crippen LogP contribution in [0, 0.1) is 0 Å². The van der Waals surface area contributed by atoms with E-state index in [4.69, 9.17) is 6.03 Å². The minimum atomic E-state index is -1.61. The Balaban J connectivity index is 3.18. The van der Waals surface area contributed by atoms with E-state index in [-0.39, 0.29) is 0 Å². The first-order chi connectivity index (χ1) is 4.35. The van der Waals surface area contributed by atoms with Crippen LogP contribution in [0.4, 0.5) is 0 Å². The van der Waals surface area contributed by atoms with Crippen molar-refractivity contribution in [3.63, 3.8) is 0 Å². The molecular formula is C6H15O2Sb. The molecule has 0 aromatic carbocycles. The Labute approximate surface area is 65.6 Å². The van der Waals surface area contributed by atoms with Crippen molar-refractivity contribution < 1.29 is 6.03 Å². The normalized spacial score (nSPS) is 10.7. The van der Waals surface area contributed by atoms with Crippen LogP contribution < -0.4 is 0 Å². The topological polar surface area (TPSA) is 18.5 Å². The van der Waals surface area contributed by atoms with Crippen LogP contribution in [0.15, 0.2) is 0 Å². The van der Waals surface area contributed by atoms with E-state index in [0.717, 1.165) is 17.6 Å². The molecule has 0 fully saturated rings. The molecule has 0 spiro atoms.